The zero-order valence-electron chi connectivity index (χ0n) is 11.1. The summed E-state index contributed by atoms with van der Waals surface area (Å²) in [6.07, 6.45) is 1.84. The molecule has 21 heavy (non-hydrogen) atoms. The van der Waals surface area contributed by atoms with Crippen LogP contribution in [0, 0.1) is 3.57 Å². The molecule has 0 bridgehead atoms. The van der Waals surface area contributed by atoms with Crippen LogP contribution in [0.15, 0.2) is 54.7 Å². The molecule has 0 spiro atoms. The van der Waals surface area contributed by atoms with Crippen LogP contribution in [0.3, 0.4) is 0 Å². The van der Waals surface area contributed by atoms with Crippen molar-refractivity contribution in [2.45, 2.75) is 6.54 Å². The number of rotatable bonds is 4. The van der Waals surface area contributed by atoms with Crippen LogP contribution in [0.1, 0.15) is 5.56 Å². The van der Waals surface area contributed by atoms with E-state index in [4.69, 9.17) is 11.6 Å². The average molecular weight is 410 g/mol. The van der Waals surface area contributed by atoms with E-state index in [1.165, 1.54) is 0 Å². The third-order valence-electron chi connectivity index (χ3n) is 3.18. The highest BCUT2D eigenvalue weighted by Gasteiger charge is 2.08. The molecule has 0 atom stereocenters. The molecule has 0 aliphatic heterocycles. The molecule has 1 aromatic heterocycles. The van der Waals surface area contributed by atoms with E-state index < -0.39 is 0 Å². The molecular weight excluding hydrogens is 397 g/mol. The predicted molar refractivity (Wildman–Crippen MR) is 95.5 cm³/mol. The number of nitrogens with zero attached hydrogens (tertiary/aromatic N) is 1. The van der Waals surface area contributed by atoms with E-state index in [0.717, 1.165) is 31.1 Å². The molecule has 0 aliphatic rings. The molecule has 0 radical (unpaired) electrons. The molecule has 0 amide bonds. The lowest BCUT2D eigenvalue weighted by atomic mass is 10.1. The maximum Gasteiger partial charge on any atom is 0.0700 e. The summed E-state index contributed by atoms with van der Waals surface area (Å²) in [5.74, 6) is 0. The normalized spacial score (nSPS) is 10.6. The maximum absolute atomic E-state index is 6.24. The lowest BCUT2D eigenvalue weighted by Crippen LogP contribution is -2.00. The van der Waals surface area contributed by atoms with E-state index >= 15 is 0 Å². The van der Waals surface area contributed by atoms with E-state index in [1.807, 2.05) is 42.6 Å². The maximum atomic E-state index is 6.24. The number of H-pyrrole nitrogens is 1. The fourth-order valence-electron chi connectivity index (χ4n) is 2.12. The van der Waals surface area contributed by atoms with Crippen molar-refractivity contribution < 1.29 is 0 Å². The molecule has 2 aromatic carbocycles. The lowest BCUT2D eigenvalue weighted by Gasteiger charge is -2.09. The number of halogens is 2. The van der Waals surface area contributed by atoms with Gasteiger partial charge in [0.1, 0.15) is 0 Å². The van der Waals surface area contributed by atoms with Crippen molar-refractivity contribution in [1.29, 1.82) is 0 Å². The van der Waals surface area contributed by atoms with Gasteiger partial charge < -0.3 is 5.32 Å². The quantitative estimate of drug-likeness (QED) is 0.599. The Bertz CT molecular complexity index is 740. The van der Waals surface area contributed by atoms with Crippen molar-refractivity contribution in [2.75, 3.05) is 5.32 Å². The third kappa shape index (κ3) is 3.39. The topological polar surface area (TPSA) is 40.7 Å². The first kappa shape index (κ1) is 14.4. The van der Waals surface area contributed by atoms with Crippen molar-refractivity contribution in [3.63, 3.8) is 0 Å². The van der Waals surface area contributed by atoms with Crippen LogP contribution in [0.2, 0.25) is 5.02 Å². The summed E-state index contributed by atoms with van der Waals surface area (Å²) in [5, 5.41) is 11.3. The molecule has 5 heteroatoms. The zero-order chi connectivity index (χ0) is 14.7. The molecule has 2 N–H and O–H groups in total. The molecule has 106 valence electrons. The van der Waals surface area contributed by atoms with Gasteiger partial charge in [0.05, 0.1) is 22.6 Å². The Morgan fingerprint density at radius 2 is 1.95 bits per heavy atom. The van der Waals surface area contributed by atoms with Crippen molar-refractivity contribution in [3.8, 4) is 11.3 Å². The molecule has 0 aliphatic carbocycles. The molecule has 3 nitrogen and oxygen atoms in total. The Morgan fingerprint density at radius 3 is 2.71 bits per heavy atom. The average Bonchev–Trinajstić information content (AvgIpc) is 2.96. The number of hydrogen-bond acceptors (Lipinski definition) is 2. The van der Waals surface area contributed by atoms with Crippen molar-refractivity contribution in [2.24, 2.45) is 0 Å². The standard InChI is InChI=1S/C16H13ClIN3/c17-14-8-13(18)6-7-15(14)19-9-12-10-20-21-16(12)11-4-2-1-3-5-11/h1-8,10,19H,9H2,(H,20,21). The van der Waals surface area contributed by atoms with Gasteiger partial charge in [-0.3, -0.25) is 5.10 Å². The first-order valence-corrected chi connectivity index (χ1v) is 7.96. The van der Waals surface area contributed by atoms with Gasteiger partial charge in [-0.15, -0.1) is 0 Å². The summed E-state index contributed by atoms with van der Waals surface area (Å²) < 4.78 is 1.12. The monoisotopic (exact) mass is 409 g/mol. The molecule has 0 saturated heterocycles. The molecule has 0 unspecified atom stereocenters. The highest BCUT2D eigenvalue weighted by molar-refractivity contribution is 14.1. The Kier molecular flexibility index (Phi) is 4.45. The number of nitrogens with one attached hydrogen (secondary N) is 2. The zero-order valence-corrected chi connectivity index (χ0v) is 14.0. The van der Waals surface area contributed by atoms with Gasteiger partial charge in [0.2, 0.25) is 0 Å². The third-order valence-corrected chi connectivity index (χ3v) is 4.16. The lowest BCUT2D eigenvalue weighted by molar-refractivity contribution is 1.10. The smallest absolute Gasteiger partial charge is 0.0700 e. The molecule has 0 saturated carbocycles. The highest BCUT2D eigenvalue weighted by Crippen LogP contribution is 2.26. The minimum atomic E-state index is 0.668. The van der Waals surface area contributed by atoms with Gasteiger partial charge in [-0.25, -0.2) is 0 Å². The van der Waals surface area contributed by atoms with Gasteiger partial charge in [0.25, 0.3) is 0 Å². The van der Waals surface area contributed by atoms with Gasteiger partial charge in [0, 0.05) is 15.7 Å². The van der Waals surface area contributed by atoms with E-state index in [-0.39, 0.29) is 0 Å². The summed E-state index contributed by atoms with van der Waals surface area (Å²) in [7, 11) is 0. The minimum absolute atomic E-state index is 0.668. The van der Waals surface area contributed by atoms with Crippen LogP contribution < -0.4 is 5.32 Å². The van der Waals surface area contributed by atoms with Crippen LogP contribution in [0.5, 0.6) is 0 Å². The Labute approximate surface area is 141 Å². The first-order chi connectivity index (χ1) is 10.2. The van der Waals surface area contributed by atoms with E-state index in [9.17, 15) is 0 Å². The van der Waals surface area contributed by atoms with Gasteiger partial charge in [-0.2, -0.15) is 5.10 Å². The number of anilines is 1. The van der Waals surface area contributed by atoms with Crippen LogP contribution in [-0.4, -0.2) is 10.2 Å². The van der Waals surface area contributed by atoms with Gasteiger partial charge in [-0.05, 0) is 46.4 Å². The second-order valence-corrected chi connectivity index (χ2v) is 6.27. The Hall–Kier alpha value is -1.53. The van der Waals surface area contributed by atoms with E-state index in [0.29, 0.717) is 6.54 Å². The minimum Gasteiger partial charge on any atom is -0.380 e. The second kappa shape index (κ2) is 6.49. The van der Waals surface area contributed by atoms with Gasteiger partial charge in [-0.1, -0.05) is 41.9 Å². The fraction of sp³-hybridized carbons (Fsp3) is 0.0625. The summed E-state index contributed by atoms with van der Waals surface area (Å²) in [5.41, 5.74) is 4.19. The first-order valence-electron chi connectivity index (χ1n) is 6.50. The van der Waals surface area contributed by atoms with Gasteiger partial charge >= 0.3 is 0 Å². The summed E-state index contributed by atoms with van der Waals surface area (Å²) in [6.45, 7) is 0.668. The van der Waals surface area contributed by atoms with Gasteiger partial charge in [0.15, 0.2) is 0 Å². The SMILES string of the molecule is Clc1cc(I)ccc1NCc1cn[nH]c1-c1ccccc1. The van der Waals surface area contributed by atoms with Crippen LogP contribution in [0.25, 0.3) is 11.3 Å². The Balaban J connectivity index is 1.79. The summed E-state index contributed by atoms with van der Waals surface area (Å²) in [4.78, 5) is 0. The number of aromatic amines is 1. The second-order valence-electron chi connectivity index (χ2n) is 4.61. The molecule has 1 heterocycles. The number of aromatic nitrogens is 2. The summed E-state index contributed by atoms with van der Waals surface area (Å²) >= 11 is 8.48. The molecule has 3 rings (SSSR count). The predicted octanol–water partition coefficient (Wildman–Crippen LogP) is 4.95. The highest BCUT2D eigenvalue weighted by atomic mass is 127. The van der Waals surface area contributed by atoms with Crippen molar-refractivity contribution in [1.82, 2.24) is 10.2 Å². The largest absolute Gasteiger partial charge is 0.380 e. The van der Waals surface area contributed by atoms with Crippen LogP contribution in [0.4, 0.5) is 5.69 Å². The fourth-order valence-corrected chi connectivity index (χ4v) is 3.05. The van der Waals surface area contributed by atoms with Crippen molar-refractivity contribution >= 4 is 39.9 Å². The van der Waals surface area contributed by atoms with Crippen molar-refractivity contribution in [3.05, 3.63) is 68.9 Å². The van der Waals surface area contributed by atoms with Crippen LogP contribution in [-0.2, 0) is 6.54 Å². The van der Waals surface area contributed by atoms with E-state index in [1.54, 1.807) is 0 Å². The number of benzene rings is 2. The van der Waals surface area contributed by atoms with E-state index in [2.05, 4.69) is 50.2 Å². The molecule has 0 fully saturated rings. The summed E-state index contributed by atoms with van der Waals surface area (Å²) in [6, 6.07) is 16.1. The Morgan fingerprint density at radius 1 is 1.14 bits per heavy atom. The molecule has 3 aromatic rings. The molecular formula is C16H13ClIN3. The number of hydrogen-bond donors (Lipinski definition) is 2. The van der Waals surface area contributed by atoms with Crippen LogP contribution >= 0.6 is 34.2 Å².